The Hall–Kier alpha value is -2.65. The minimum absolute atomic E-state index is 0.0274. The molecule has 0 fully saturated rings. The van der Waals surface area contributed by atoms with Gasteiger partial charge in [-0.2, -0.15) is 4.31 Å². The van der Waals surface area contributed by atoms with Gasteiger partial charge in [-0.3, -0.25) is 9.78 Å². The van der Waals surface area contributed by atoms with Crippen molar-refractivity contribution < 1.29 is 27.4 Å². The van der Waals surface area contributed by atoms with Crippen LogP contribution in [-0.4, -0.2) is 51.0 Å². The smallest absolute Gasteiger partial charge is 0.321 e. The summed E-state index contributed by atoms with van der Waals surface area (Å²) in [7, 11) is -1.14. The topological polar surface area (TPSA) is 95.0 Å². The molecule has 0 aliphatic rings. The fourth-order valence-corrected chi connectivity index (χ4v) is 3.75. The van der Waals surface area contributed by atoms with E-state index in [-0.39, 0.29) is 23.8 Å². The van der Waals surface area contributed by atoms with E-state index in [0.29, 0.717) is 11.4 Å². The lowest BCUT2D eigenvalue weighted by Gasteiger charge is -2.21. The zero-order valence-corrected chi connectivity index (χ0v) is 16.2. The molecule has 8 nitrogen and oxygen atoms in total. The molecule has 1 aromatic heterocycles. The quantitative estimate of drug-likeness (QED) is 0.599. The highest BCUT2D eigenvalue weighted by atomic mass is 32.2. The van der Waals surface area contributed by atoms with Crippen molar-refractivity contribution >= 4 is 16.0 Å². The standard InChI is InChI=1S/C18H22N2O6S/c1-4-26-18(21)13-20(12-14-7-5-6-10-19-14)27(22,23)15-8-9-16(24-2)17(11-15)25-3/h5-11H,4,12-13H2,1-3H3. The van der Waals surface area contributed by atoms with Crippen molar-refractivity contribution in [2.75, 3.05) is 27.4 Å². The Morgan fingerprint density at radius 1 is 1.11 bits per heavy atom. The fraction of sp³-hybridized carbons (Fsp3) is 0.333. The summed E-state index contributed by atoms with van der Waals surface area (Å²) < 4.78 is 42.5. The van der Waals surface area contributed by atoms with Gasteiger partial charge in [-0.1, -0.05) is 6.07 Å². The van der Waals surface area contributed by atoms with Gasteiger partial charge in [0.1, 0.15) is 6.54 Å². The Morgan fingerprint density at radius 3 is 2.44 bits per heavy atom. The molecule has 2 aromatic rings. The predicted molar refractivity (Wildman–Crippen MR) is 98.0 cm³/mol. The minimum Gasteiger partial charge on any atom is -0.493 e. The Labute approximate surface area is 158 Å². The number of hydrogen-bond acceptors (Lipinski definition) is 7. The van der Waals surface area contributed by atoms with Crippen molar-refractivity contribution in [1.29, 1.82) is 0 Å². The van der Waals surface area contributed by atoms with Crippen molar-refractivity contribution in [3.63, 3.8) is 0 Å². The van der Waals surface area contributed by atoms with E-state index in [2.05, 4.69) is 4.98 Å². The summed E-state index contributed by atoms with van der Waals surface area (Å²) >= 11 is 0. The van der Waals surface area contributed by atoms with Gasteiger partial charge in [-0.05, 0) is 31.2 Å². The first-order chi connectivity index (χ1) is 12.9. The monoisotopic (exact) mass is 394 g/mol. The molecular weight excluding hydrogens is 372 g/mol. The molecule has 0 radical (unpaired) electrons. The van der Waals surface area contributed by atoms with Crippen LogP contribution in [0.4, 0.5) is 0 Å². The first kappa shape index (κ1) is 20.7. The van der Waals surface area contributed by atoms with E-state index in [0.717, 1.165) is 4.31 Å². The van der Waals surface area contributed by atoms with E-state index < -0.39 is 22.5 Å². The maximum atomic E-state index is 13.1. The molecule has 9 heteroatoms. The molecule has 0 amide bonds. The number of sulfonamides is 1. The van der Waals surface area contributed by atoms with Gasteiger partial charge in [-0.25, -0.2) is 8.42 Å². The van der Waals surface area contributed by atoms with Crippen molar-refractivity contribution in [2.24, 2.45) is 0 Å². The third-order valence-electron chi connectivity index (χ3n) is 3.67. The number of aromatic nitrogens is 1. The molecule has 0 atom stereocenters. The lowest BCUT2D eigenvalue weighted by Crippen LogP contribution is -2.36. The van der Waals surface area contributed by atoms with Crippen molar-refractivity contribution in [2.45, 2.75) is 18.4 Å². The first-order valence-electron chi connectivity index (χ1n) is 8.20. The van der Waals surface area contributed by atoms with E-state index in [9.17, 15) is 13.2 Å². The SMILES string of the molecule is CCOC(=O)CN(Cc1ccccn1)S(=O)(=O)c1ccc(OC)c(OC)c1. The minimum atomic E-state index is -4.01. The van der Waals surface area contributed by atoms with Gasteiger partial charge in [0.15, 0.2) is 11.5 Å². The second kappa shape index (κ2) is 9.33. The van der Waals surface area contributed by atoms with Crippen LogP contribution < -0.4 is 9.47 Å². The van der Waals surface area contributed by atoms with Crippen molar-refractivity contribution in [1.82, 2.24) is 9.29 Å². The molecule has 2 rings (SSSR count). The average molecular weight is 394 g/mol. The third-order valence-corrected chi connectivity index (χ3v) is 5.46. The zero-order chi connectivity index (χ0) is 19.9. The molecule has 0 unspecified atom stereocenters. The molecule has 27 heavy (non-hydrogen) atoms. The van der Waals surface area contributed by atoms with Crippen molar-refractivity contribution in [3.8, 4) is 11.5 Å². The number of pyridine rings is 1. The molecule has 0 saturated carbocycles. The number of ether oxygens (including phenoxy) is 3. The summed E-state index contributed by atoms with van der Waals surface area (Å²) in [6.07, 6.45) is 1.56. The largest absolute Gasteiger partial charge is 0.493 e. The van der Waals surface area contributed by atoms with Crippen LogP contribution >= 0.6 is 0 Å². The summed E-state index contributed by atoms with van der Waals surface area (Å²) in [5.41, 5.74) is 0.505. The Morgan fingerprint density at radius 2 is 1.85 bits per heavy atom. The number of benzene rings is 1. The normalized spacial score (nSPS) is 11.3. The summed E-state index contributed by atoms with van der Waals surface area (Å²) in [4.78, 5) is 16.1. The van der Waals surface area contributed by atoms with Crippen LogP contribution in [-0.2, 0) is 26.1 Å². The average Bonchev–Trinajstić information content (AvgIpc) is 2.67. The Balaban J connectivity index is 2.41. The van der Waals surface area contributed by atoms with Crippen molar-refractivity contribution in [3.05, 3.63) is 48.3 Å². The van der Waals surface area contributed by atoms with E-state index >= 15 is 0 Å². The molecule has 1 aromatic carbocycles. The molecule has 0 saturated heterocycles. The highest BCUT2D eigenvalue weighted by Gasteiger charge is 2.28. The van der Waals surface area contributed by atoms with Crippen LogP contribution in [0.5, 0.6) is 11.5 Å². The molecular formula is C18H22N2O6S. The van der Waals surface area contributed by atoms with Crippen LogP contribution in [0.2, 0.25) is 0 Å². The van der Waals surface area contributed by atoms with E-state index in [4.69, 9.17) is 14.2 Å². The van der Waals surface area contributed by atoms with Gasteiger partial charge in [0.25, 0.3) is 0 Å². The van der Waals surface area contributed by atoms with Gasteiger partial charge in [0.2, 0.25) is 10.0 Å². The molecule has 0 aliphatic carbocycles. The number of hydrogen-bond donors (Lipinski definition) is 0. The zero-order valence-electron chi connectivity index (χ0n) is 15.4. The van der Waals surface area contributed by atoms with Gasteiger partial charge in [-0.15, -0.1) is 0 Å². The lowest BCUT2D eigenvalue weighted by molar-refractivity contribution is -0.143. The molecule has 0 N–H and O–H groups in total. The number of carbonyl (C=O) groups excluding carboxylic acids is 1. The number of esters is 1. The van der Waals surface area contributed by atoms with E-state index in [1.165, 1.54) is 32.4 Å². The van der Waals surface area contributed by atoms with Crippen LogP contribution in [0.15, 0.2) is 47.5 Å². The highest BCUT2D eigenvalue weighted by molar-refractivity contribution is 7.89. The van der Waals surface area contributed by atoms with Crippen LogP contribution in [0.1, 0.15) is 12.6 Å². The number of nitrogens with zero attached hydrogens (tertiary/aromatic N) is 2. The van der Waals surface area contributed by atoms with Gasteiger partial charge >= 0.3 is 5.97 Å². The summed E-state index contributed by atoms with van der Waals surface area (Å²) in [5.74, 6) is 0.0306. The van der Waals surface area contributed by atoms with Gasteiger partial charge in [0.05, 0.1) is 38.0 Å². The maximum Gasteiger partial charge on any atom is 0.321 e. The number of rotatable bonds is 9. The Kier molecular flexibility index (Phi) is 7.14. The summed E-state index contributed by atoms with van der Waals surface area (Å²) in [5, 5.41) is 0. The number of carbonyl (C=O) groups is 1. The fourth-order valence-electron chi connectivity index (χ4n) is 2.37. The Bertz CT molecular complexity index is 871. The molecule has 146 valence electrons. The predicted octanol–water partition coefficient (Wildman–Crippen LogP) is 1.85. The first-order valence-corrected chi connectivity index (χ1v) is 9.64. The van der Waals surface area contributed by atoms with Crippen LogP contribution in [0.3, 0.4) is 0 Å². The lowest BCUT2D eigenvalue weighted by atomic mass is 10.3. The van der Waals surface area contributed by atoms with Crippen LogP contribution in [0.25, 0.3) is 0 Å². The number of methoxy groups -OCH3 is 2. The second-order valence-electron chi connectivity index (χ2n) is 5.42. The maximum absolute atomic E-state index is 13.1. The van der Waals surface area contributed by atoms with Gasteiger partial charge in [0, 0.05) is 12.3 Å². The molecule has 0 bridgehead atoms. The summed E-state index contributed by atoms with van der Waals surface area (Å²) in [6, 6.07) is 9.39. The second-order valence-corrected chi connectivity index (χ2v) is 7.35. The molecule has 1 heterocycles. The molecule has 0 aliphatic heterocycles. The van der Waals surface area contributed by atoms with E-state index in [1.807, 2.05) is 0 Å². The molecule has 0 spiro atoms. The van der Waals surface area contributed by atoms with Crippen LogP contribution in [0, 0.1) is 0 Å². The van der Waals surface area contributed by atoms with Gasteiger partial charge < -0.3 is 14.2 Å². The summed E-state index contributed by atoms with van der Waals surface area (Å²) in [6.45, 7) is 1.31. The third kappa shape index (κ3) is 5.18. The highest BCUT2D eigenvalue weighted by Crippen LogP contribution is 2.31. The van der Waals surface area contributed by atoms with E-state index in [1.54, 1.807) is 31.3 Å².